The van der Waals surface area contributed by atoms with Crippen molar-refractivity contribution in [2.24, 2.45) is 9.98 Å². The second-order valence-electron chi connectivity index (χ2n) is 16.1. The Bertz CT molecular complexity index is 2580. The van der Waals surface area contributed by atoms with E-state index in [1.807, 2.05) is 61.0 Å². The number of hydrogen-bond donors (Lipinski definition) is 0. The first-order valence-electron chi connectivity index (χ1n) is 22.4. The Morgan fingerprint density at radius 1 is 0.574 bits per heavy atom. The molecule has 5 heterocycles. The third-order valence-corrected chi connectivity index (χ3v) is 11.8. The van der Waals surface area contributed by atoms with Crippen molar-refractivity contribution in [2.75, 3.05) is 77.4 Å². The zero-order chi connectivity index (χ0) is 47.0. The molecule has 5 aromatic rings. The van der Waals surface area contributed by atoms with Crippen LogP contribution >= 0.6 is 0 Å². The number of nitrogens with zero attached hydrogens (tertiary/aromatic N) is 5. The Labute approximate surface area is 393 Å². The topological polar surface area (TPSA) is 178 Å². The molecule has 4 aliphatic heterocycles. The number of pyridine rings is 1. The molecule has 17 nitrogen and oxygen atoms in total. The smallest absolute Gasteiger partial charge is 0.307 e. The molecule has 0 saturated heterocycles. The summed E-state index contributed by atoms with van der Waals surface area (Å²) in [5.41, 5.74) is 6.72. The number of esters is 1. The van der Waals surface area contributed by atoms with E-state index in [1.165, 1.54) is 21.3 Å². The second-order valence-corrected chi connectivity index (χ2v) is 16.1. The first-order valence-corrected chi connectivity index (χ1v) is 22.4. The zero-order valence-corrected chi connectivity index (χ0v) is 38.0. The van der Waals surface area contributed by atoms with Crippen LogP contribution in [0.1, 0.15) is 49.7 Å². The third-order valence-electron chi connectivity index (χ3n) is 11.8. The van der Waals surface area contributed by atoms with E-state index < -0.39 is 0 Å². The number of aliphatic imine (C=N–C) groups is 2. The maximum absolute atomic E-state index is 14.0. The van der Waals surface area contributed by atoms with Crippen LogP contribution in [0.2, 0.25) is 0 Å². The summed E-state index contributed by atoms with van der Waals surface area (Å²) in [5, 5.41) is 0. The molecule has 68 heavy (non-hydrogen) atoms. The number of anilines is 2. The lowest BCUT2D eigenvalue weighted by molar-refractivity contribution is -0.141. The molecule has 0 N–H and O–H groups in total. The number of rotatable bonds is 21. The van der Waals surface area contributed by atoms with Gasteiger partial charge in [-0.15, -0.1) is 0 Å². The maximum atomic E-state index is 14.0. The van der Waals surface area contributed by atoms with Gasteiger partial charge in [0.1, 0.15) is 25.6 Å². The number of carbonyl (C=O) groups excluding carboxylic acids is 3. The van der Waals surface area contributed by atoms with Crippen LogP contribution in [-0.2, 0) is 49.8 Å². The lowest BCUT2D eigenvalue weighted by Crippen LogP contribution is -2.37. The summed E-state index contributed by atoms with van der Waals surface area (Å²) in [6.45, 7) is 2.18. The molecule has 9 rings (SSSR count). The van der Waals surface area contributed by atoms with Gasteiger partial charge in [-0.2, -0.15) is 0 Å². The Hall–Kier alpha value is -7.34. The van der Waals surface area contributed by atoms with Gasteiger partial charge in [0.15, 0.2) is 23.0 Å². The molecule has 4 aromatic carbocycles. The van der Waals surface area contributed by atoms with Gasteiger partial charge in [0.2, 0.25) is 0 Å². The molecule has 4 aliphatic rings. The van der Waals surface area contributed by atoms with Gasteiger partial charge in [0.05, 0.1) is 113 Å². The van der Waals surface area contributed by atoms with Crippen molar-refractivity contribution in [3.05, 3.63) is 119 Å². The number of para-hydroxylation sites is 2. The number of amides is 2. The summed E-state index contributed by atoms with van der Waals surface area (Å²) in [7, 11) is 4.38. The highest BCUT2D eigenvalue weighted by molar-refractivity contribution is 6.15. The predicted molar refractivity (Wildman–Crippen MR) is 251 cm³/mol. The fourth-order valence-corrected chi connectivity index (χ4v) is 8.55. The predicted octanol–water partition coefficient (Wildman–Crippen LogP) is 6.82. The molecule has 2 amide bonds. The van der Waals surface area contributed by atoms with Crippen LogP contribution in [0, 0.1) is 0 Å². The van der Waals surface area contributed by atoms with Gasteiger partial charge in [-0.25, -0.2) is 0 Å². The number of aromatic nitrogens is 1. The van der Waals surface area contributed by atoms with Crippen LogP contribution in [0.4, 0.5) is 22.7 Å². The minimum Gasteiger partial charge on any atom is -0.493 e. The lowest BCUT2D eigenvalue weighted by Gasteiger charge is -2.22. The van der Waals surface area contributed by atoms with Crippen molar-refractivity contribution < 1.29 is 57.0 Å². The minimum atomic E-state index is -0.324. The van der Waals surface area contributed by atoms with Crippen LogP contribution in [-0.4, -0.2) is 115 Å². The molecule has 352 valence electrons. The summed E-state index contributed by atoms with van der Waals surface area (Å²) < 4.78 is 51.6. The van der Waals surface area contributed by atoms with Gasteiger partial charge in [-0.1, -0.05) is 36.4 Å². The zero-order valence-electron chi connectivity index (χ0n) is 38.0. The molecule has 1 aromatic heterocycles. The van der Waals surface area contributed by atoms with Crippen LogP contribution in [0.3, 0.4) is 0 Å². The van der Waals surface area contributed by atoms with E-state index in [1.54, 1.807) is 46.2 Å². The number of carbonyl (C=O) groups is 3. The van der Waals surface area contributed by atoms with E-state index in [0.717, 1.165) is 22.5 Å². The molecule has 0 saturated carbocycles. The monoisotopic (exact) mass is 925 g/mol. The van der Waals surface area contributed by atoms with Crippen molar-refractivity contribution in [2.45, 2.75) is 44.6 Å². The van der Waals surface area contributed by atoms with Crippen molar-refractivity contribution in [1.82, 2.24) is 4.98 Å². The first kappa shape index (κ1) is 45.8. The molecule has 0 unspecified atom stereocenters. The maximum Gasteiger partial charge on any atom is 0.307 e. The number of hydrogen-bond acceptors (Lipinski definition) is 15. The Morgan fingerprint density at radius 3 is 1.53 bits per heavy atom. The van der Waals surface area contributed by atoms with Crippen molar-refractivity contribution in [1.29, 1.82) is 0 Å². The average molecular weight is 926 g/mol. The van der Waals surface area contributed by atoms with Gasteiger partial charge < -0.3 is 42.6 Å². The Morgan fingerprint density at radius 2 is 1.04 bits per heavy atom. The number of methoxy groups -OCH3 is 3. The minimum absolute atomic E-state index is 0.000830. The molecule has 0 aliphatic carbocycles. The van der Waals surface area contributed by atoms with Crippen LogP contribution in [0.25, 0.3) is 0 Å². The fraction of sp³-hybridized carbons (Fsp3) is 0.333. The summed E-state index contributed by atoms with van der Waals surface area (Å²) in [4.78, 5) is 57.1. The van der Waals surface area contributed by atoms with E-state index in [2.05, 4.69) is 4.74 Å². The van der Waals surface area contributed by atoms with Gasteiger partial charge in [0.25, 0.3) is 11.8 Å². The number of benzene rings is 4. The Kier molecular flexibility index (Phi) is 14.2. The summed E-state index contributed by atoms with van der Waals surface area (Å²) in [6.07, 6.45) is 5.16. The van der Waals surface area contributed by atoms with E-state index >= 15 is 0 Å². The molecular weight excluding hydrogens is 875 g/mol. The highest BCUT2D eigenvalue weighted by Crippen LogP contribution is 2.43. The van der Waals surface area contributed by atoms with Gasteiger partial charge in [-0.3, -0.25) is 39.2 Å². The molecule has 0 radical (unpaired) electrons. The summed E-state index contributed by atoms with van der Waals surface area (Å²) in [5.74, 6) is 1.32. The van der Waals surface area contributed by atoms with Crippen molar-refractivity contribution in [3.8, 4) is 28.7 Å². The van der Waals surface area contributed by atoms with E-state index in [9.17, 15) is 14.4 Å². The number of fused-ring (bicyclic) bond motifs is 8. The van der Waals surface area contributed by atoms with Gasteiger partial charge in [0, 0.05) is 60.9 Å². The molecule has 2 atom stereocenters. The number of ether oxygens (including phenoxy) is 9. The van der Waals surface area contributed by atoms with Crippen LogP contribution in [0.5, 0.6) is 28.7 Å². The van der Waals surface area contributed by atoms with E-state index in [0.29, 0.717) is 102 Å². The van der Waals surface area contributed by atoms with Crippen LogP contribution in [0.15, 0.2) is 94.9 Å². The van der Waals surface area contributed by atoms with E-state index in [-0.39, 0.29) is 69.3 Å². The van der Waals surface area contributed by atoms with Gasteiger partial charge >= 0.3 is 5.97 Å². The van der Waals surface area contributed by atoms with Crippen molar-refractivity contribution >= 4 is 53.0 Å². The Balaban J connectivity index is 0.887. The SMILES string of the molecule is COC(=O)CCOCCOCCOCCOc1cc(COc2cc3c(cc2OC)C(=O)N2c4ccccc4C[C@H]2C=N3)nc(COc2cc3c(cc2OC)C(=O)N2c4ccccc4C[C@H]2C=N3)c1. The summed E-state index contributed by atoms with van der Waals surface area (Å²) in [6, 6.07) is 25.6. The molecule has 0 fully saturated rings. The third kappa shape index (κ3) is 10.00. The molecular formula is C51H51N5O12. The van der Waals surface area contributed by atoms with E-state index in [4.69, 9.17) is 52.9 Å². The lowest BCUT2D eigenvalue weighted by atomic mass is 10.1. The fourth-order valence-electron chi connectivity index (χ4n) is 8.55. The van der Waals surface area contributed by atoms with Crippen LogP contribution < -0.4 is 33.5 Å². The molecule has 0 spiro atoms. The van der Waals surface area contributed by atoms with Crippen molar-refractivity contribution in [3.63, 3.8) is 0 Å². The normalized spacial score (nSPS) is 16.2. The molecule has 17 heteroatoms. The quantitative estimate of drug-likeness (QED) is 0.0554. The first-order chi connectivity index (χ1) is 33.3. The second kappa shape index (κ2) is 21.1. The summed E-state index contributed by atoms with van der Waals surface area (Å²) >= 11 is 0. The standard InChI is InChI=1S/C51H51N5O12/c1-60-45-24-39-41(52-28-36-20-32-8-4-6-10-43(32)55(36)50(39)58)26-47(45)67-30-34-22-38(66-19-18-65-17-16-64-15-14-63-13-12-49(57)62-3)23-35(54-34)31-68-48-27-42-40(25-46(48)61-2)51(59)56-37(29-53-42)21-33-9-5-7-11-44(33)56/h4-11,22-29,36-37H,12-21,30-31H2,1-3H3/t36-,37-/m0/s1. The highest BCUT2D eigenvalue weighted by atomic mass is 16.6. The largest absolute Gasteiger partial charge is 0.493 e. The average Bonchev–Trinajstić information content (AvgIpc) is 3.86. The van der Waals surface area contributed by atoms with Gasteiger partial charge in [-0.05, 0) is 35.4 Å². The molecule has 0 bridgehead atoms. The highest BCUT2D eigenvalue weighted by Gasteiger charge is 2.38.